The first-order chi connectivity index (χ1) is 21.2. The average molecular weight is 627 g/mol. The molecule has 0 aliphatic carbocycles. The van der Waals surface area contributed by atoms with Crippen LogP contribution in [0, 0.1) is 5.92 Å². The van der Waals surface area contributed by atoms with E-state index in [2.05, 4.69) is 94.2 Å². The maximum Gasteiger partial charge on any atom is 0.407 e. The smallest absolute Gasteiger partial charge is 0.407 e. The molecule has 3 aromatic carbocycles. The van der Waals surface area contributed by atoms with Crippen molar-refractivity contribution in [3.05, 3.63) is 96.1 Å². The maximum absolute atomic E-state index is 14.3. The van der Waals surface area contributed by atoms with Gasteiger partial charge in [0, 0.05) is 29.7 Å². The number of nitrogens with zero attached hydrogens (tertiary/aromatic N) is 1. The van der Waals surface area contributed by atoms with Crippen molar-refractivity contribution in [2.24, 2.45) is 5.92 Å². The third-order valence-electron chi connectivity index (χ3n) is 6.65. The molecule has 0 bridgehead atoms. The van der Waals surface area contributed by atoms with E-state index in [0.717, 1.165) is 24.3 Å². The summed E-state index contributed by atoms with van der Waals surface area (Å²) in [5, 5.41) is 14.6. The minimum Gasteiger partial charge on any atom is -0.453 e. The van der Waals surface area contributed by atoms with Crippen molar-refractivity contribution in [1.82, 2.24) is 14.9 Å². The number of carbonyl (C=O) groups is 2. The summed E-state index contributed by atoms with van der Waals surface area (Å²) < 4.78 is 20.8. The van der Waals surface area contributed by atoms with Gasteiger partial charge in [-0.15, -0.1) is 0 Å². The first-order valence-electron chi connectivity index (χ1n) is 14.9. The first-order valence-corrected chi connectivity index (χ1v) is 15.7. The monoisotopic (exact) mass is 626 g/mol. The van der Waals surface area contributed by atoms with Crippen molar-refractivity contribution >= 4 is 29.6 Å². The van der Waals surface area contributed by atoms with E-state index < -0.39 is 18.2 Å². The van der Waals surface area contributed by atoms with Gasteiger partial charge in [-0.1, -0.05) is 74.5 Å². The summed E-state index contributed by atoms with van der Waals surface area (Å²) in [4.78, 5) is 23.6. The summed E-state index contributed by atoms with van der Waals surface area (Å²) in [7, 11) is 1.19. The summed E-state index contributed by atoms with van der Waals surface area (Å²) in [6, 6.07) is 28.3. The van der Waals surface area contributed by atoms with E-state index in [1.165, 1.54) is 30.2 Å². The molecule has 2 unspecified atom stereocenters. The number of alkyl halides is 1. The molecule has 2 atom stereocenters. The number of alkyl carbamates (subject to hydrolysis) is 1. The number of aliphatic hydroxyl groups excluding tert-OH is 1. The van der Waals surface area contributed by atoms with Crippen molar-refractivity contribution < 1.29 is 23.8 Å². The standard InChI is InChI=1S/C21H35FN4O4S.C13H12/c1-15(2)10-11-26(31-19-8-5-17(23)6-9-19)18(14-27)7-4-16(22)12-24-20(28)13-25-21(29)30-3;1-3-7-12(8-4-1)11-13-9-5-2-6-10-13/h5-6,8-9,15-16,18,27H,4,7,10-14,23H2,1-3H3,(H,24,28)(H,25,29);1-10H,11H2. The zero-order chi connectivity index (χ0) is 32.2. The van der Waals surface area contributed by atoms with Gasteiger partial charge < -0.3 is 26.2 Å². The predicted molar refractivity (Wildman–Crippen MR) is 177 cm³/mol. The second-order valence-electron chi connectivity index (χ2n) is 10.8. The number of hydrogen-bond donors (Lipinski definition) is 4. The second-order valence-corrected chi connectivity index (χ2v) is 11.9. The lowest BCUT2D eigenvalue weighted by Gasteiger charge is -2.30. The maximum atomic E-state index is 14.3. The van der Waals surface area contributed by atoms with E-state index in [1.807, 2.05) is 24.3 Å². The van der Waals surface area contributed by atoms with Crippen LogP contribution in [0.4, 0.5) is 14.9 Å². The number of ether oxygens (including phenoxy) is 1. The molecule has 0 spiro atoms. The molecule has 0 radical (unpaired) electrons. The highest BCUT2D eigenvalue weighted by molar-refractivity contribution is 7.97. The third kappa shape index (κ3) is 15.7. The Balaban J connectivity index is 0.000000425. The molecular weight excluding hydrogens is 579 g/mol. The average Bonchev–Trinajstić information content (AvgIpc) is 3.03. The number of rotatable bonds is 16. The molecule has 44 heavy (non-hydrogen) atoms. The molecule has 3 rings (SSSR count). The number of methoxy groups -OCH3 is 1. The zero-order valence-corrected chi connectivity index (χ0v) is 26.8. The summed E-state index contributed by atoms with van der Waals surface area (Å²) in [6.07, 6.45) is 0.620. The fourth-order valence-corrected chi connectivity index (χ4v) is 5.14. The number of anilines is 1. The minimum absolute atomic E-state index is 0.0950. The van der Waals surface area contributed by atoms with Gasteiger partial charge in [-0.25, -0.2) is 13.5 Å². The molecule has 240 valence electrons. The van der Waals surface area contributed by atoms with Gasteiger partial charge in [0.25, 0.3) is 0 Å². The van der Waals surface area contributed by atoms with Crippen molar-refractivity contribution in [1.29, 1.82) is 0 Å². The molecule has 8 nitrogen and oxygen atoms in total. The van der Waals surface area contributed by atoms with Crippen LogP contribution in [-0.4, -0.2) is 67.0 Å². The second kappa shape index (κ2) is 21.2. The number of hydrogen-bond acceptors (Lipinski definition) is 7. The molecule has 0 aliphatic heterocycles. The van der Waals surface area contributed by atoms with Gasteiger partial charge in [0.1, 0.15) is 6.17 Å². The van der Waals surface area contributed by atoms with Crippen molar-refractivity contribution in [2.75, 3.05) is 39.1 Å². The summed E-state index contributed by atoms with van der Waals surface area (Å²) in [5.74, 6) is 0.000760. The van der Waals surface area contributed by atoms with Crippen molar-refractivity contribution in [3.63, 3.8) is 0 Å². The number of aliphatic hydroxyl groups is 1. The van der Waals surface area contributed by atoms with Crippen LogP contribution in [0.2, 0.25) is 0 Å². The fourth-order valence-electron chi connectivity index (χ4n) is 4.09. The number of halogens is 1. The van der Waals surface area contributed by atoms with E-state index >= 15 is 0 Å². The highest BCUT2D eigenvalue weighted by Crippen LogP contribution is 2.28. The van der Waals surface area contributed by atoms with Crippen LogP contribution in [-0.2, 0) is 16.0 Å². The van der Waals surface area contributed by atoms with Gasteiger partial charge in [0.2, 0.25) is 5.91 Å². The number of nitrogen functional groups attached to an aromatic ring is 1. The van der Waals surface area contributed by atoms with Crippen LogP contribution in [0.1, 0.15) is 44.2 Å². The number of carbonyl (C=O) groups excluding carboxylic acids is 2. The van der Waals surface area contributed by atoms with E-state index in [0.29, 0.717) is 18.0 Å². The number of nitrogens with one attached hydrogen (secondary N) is 2. The minimum atomic E-state index is -1.26. The SMILES string of the molecule is COC(=O)NCC(=O)NCC(F)CCC(CO)N(CCC(C)C)Sc1ccc(N)cc1.c1ccc(Cc2ccccc2)cc1. The molecule has 5 N–H and O–H groups in total. The molecule has 3 aromatic rings. The number of benzene rings is 3. The Morgan fingerprint density at radius 2 is 1.50 bits per heavy atom. The summed E-state index contributed by atoms with van der Waals surface area (Å²) >= 11 is 1.53. The zero-order valence-electron chi connectivity index (χ0n) is 26.0. The molecule has 0 heterocycles. The molecule has 0 aliphatic rings. The molecule has 2 amide bonds. The largest absolute Gasteiger partial charge is 0.453 e. The Morgan fingerprint density at radius 3 is 2.02 bits per heavy atom. The fraction of sp³-hybridized carbons (Fsp3) is 0.412. The Hall–Kier alpha value is -3.60. The van der Waals surface area contributed by atoms with E-state index in [-0.39, 0.29) is 32.2 Å². The molecule has 10 heteroatoms. The van der Waals surface area contributed by atoms with Gasteiger partial charge in [0.15, 0.2) is 0 Å². The van der Waals surface area contributed by atoms with Crippen molar-refractivity contribution in [2.45, 2.75) is 56.6 Å². The van der Waals surface area contributed by atoms with Crippen LogP contribution in [0.25, 0.3) is 0 Å². The lowest BCUT2D eigenvalue weighted by Crippen LogP contribution is -2.40. The molecule has 0 saturated heterocycles. The van der Waals surface area contributed by atoms with E-state index in [1.54, 1.807) is 0 Å². The van der Waals surface area contributed by atoms with Gasteiger partial charge in [0.05, 0.1) is 20.3 Å². The lowest BCUT2D eigenvalue weighted by molar-refractivity contribution is -0.120. The van der Waals surface area contributed by atoms with Crippen LogP contribution < -0.4 is 16.4 Å². The summed E-state index contributed by atoms with van der Waals surface area (Å²) in [5.41, 5.74) is 9.17. The van der Waals surface area contributed by atoms with Crippen molar-refractivity contribution in [3.8, 4) is 0 Å². The van der Waals surface area contributed by atoms with Gasteiger partial charge in [-0.2, -0.15) is 0 Å². The van der Waals surface area contributed by atoms with Crippen LogP contribution >= 0.6 is 11.9 Å². The van der Waals surface area contributed by atoms with Crippen LogP contribution in [0.15, 0.2) is 89.8 Å². The highest BCUT2D eigenvalue weighted by atomic mass is 32.2. The van der Waals surface area contributed by atoms with E-state index in [4.69, 9.17) is 5.73 Å². The Bertz CT molecular complexity index is 1170. The highest BCUT2D eigenvalue weighted by Gasteiger charge is 2.21. The first kappa shape index (κ1) is 36.6. The molecule has 0 saturated carbocycles. The number of amides is 2. The lowest BCUT2D eigenvalue weighted by atomic mass is 10.1. The van der Waals surface area contributed by atoms with E-state index in [9.17, 15) is 19.1 Å². The quantitative estimate of drug-likeness (QED) is 0.116. The van der Waals surface area contributed by atoms with Crippen LogP contribution in [0.3, 0.4) is 0 Å². The van der Waals surface area contributed by atoms with Gasteiger partial charge in [-0.3, -0.25) is 4.79 Å². The topological polar surface area (TPSA) is 117 Å². The predicted octanol–water partition coefficient (Wildman–Crippen LogP) is 5.85. The van der Waals surface area contributed by atoms with Crippen LogP contribution in [0.5, 0.6) is 0 Å². The Labute approximate surface area is 265 Å². The molecule has 0 aromatic heterocycles. The summed E-state index contributed by atoms with van der Waals surface area (Å²) in [6.45, 7) is 4.49. The Morgan fingerprint density at radius 1 is 0.909 bits per heavy atom. The van der Waals surface area contributed by atoms with Gasteiger partial charge >= 0.3 is 6.09 Å². The Kier molecular flexibility index (Phi) is 17.6. The number of nitrogens with two attached hydrogens (primary N) is 1. The molecular formula is C34H47FN4O4S. The third-order valence-corrected chi connectivity index (χ3v) is 7.85. The van der Waals surface area contributed by atoms with Gasteiger partial charge in [-0.05, 0) is 78.9 Å². The molecule has 0 fully saturated rings. The normalized spacial score (nSPS) is 12.2.